The number of fused-ring (bicyclic) bond motifs is 1. The SMILES string of the molecule is CNC(=O)c1ccc(NC(=O)c2cccc(-c3ccc4c(=O)n(C)c(=O)[nH]c4c3)c2)cn1. The van der Waals surface area contributed by atoms with Gasteiger partial charge >= 0.3 is 5.69 Å². The maximum Gasteiger partial charge on any atom is 0.328 e. The molecule has 0 atom stereocenters. The molecular weight excluding hydrogens is 410 g/mol. The van der Waals surface area contributed by atoms with Crippen LogP contribution in [0, 0.1) is 0 Å². The third kappa shape index (κ3) is 3.91. The average Bonchev–Trinajstić information content (AvgIpc) is 2.82. The Morgan fingerprint density at radius 1 is 0.969 bits per heavy atom. The Labute approximate surface area is 181 Å². The molecule has 9 heteroatoms. The fourth-order valence-corrected chi connectivity index (χ4v) is 3.26. The van der Waals surface area contributed by atoms with Crippen LogP contribution in [0.25, 0.3) is 22.0 Å². The molecule has 2 aromatic carbocycles. The van der Waals surface area contributed by atoms with Crippen LogP contribution in [0.4, 0.5) is 5.69 Å². The number of rotatable bonds is 4. The van der Waals surface area contributed by atoms with Crippen LogP contribution in [0.5, 0.6) is 0 Å². The van der Waals surface area contributed by atoms with Gasteiger partial charge in [-0.25, -0.2) is 9.78 Å². The van der Waals surface area contributed by atoms with E-state index in [0.717, 1.165) is 15.7 Å². The molecule has 0 spiro atoms. The Morgan fingerprint density at radius 2 is 1.75 bits per heavy atom. The van der Waals surface area contributed by atoms with Crippen molar-refractivity contribution < 1.29 is 9.59 Å². The summed E-state index contributed by atoms with van der Waals surface area (Å²) in [6, 6.07) is 15.2. The van der Waals surface area contributed by atoms with Gasteiger partial charge in [-0.3, -0.25) is 19.0 Å². The Kier molecular flexibility index (Phi) is 5.38. The van der Waals surface area contributed by atoms with E-state index in [9.17, 15) is 19.2 Å². The van der Waals surface area contributed by atoms with Crippen molar-refractivity contribution in [3.8, 4) is 11.1 Å². The van der Waals surface area contributed by atoms with Crippen LogP contribution in [-0.4, -0.2) is 33.4 Å². The van der Waals surface area contributed by atoms with Crippen LogP contribution in [0.15, 0.2) is 70.4 Å². The van der Waals surface area contributed by atoms with Gasteiger partial charge in [-0.15, -0.1) is 0 Å². The summed E-state index contributed by atoms with van der Waals surface area (Å²) in [6.45, 7) is 0. The molecule has 32 heavy (non-hydrogen) atoms. The number of nitrogens with zero attached hydrogens (tertiary/aromatic N) is 2. The number of hydrogen-bond acceptors (Lipinski definition) is 5. The normalized spacial score (nSPS) is 10.7. The van der Waals surface area contributed by atoms with Gasteiger partial charge < -0.3 is 15.6 Å². The summed E-state index contributed by atoms with van der Waals surface area (Å²) in [4.78, 5) is 55.2. The Morgan fingerprint density at radius 3 is 2.47 bits per heavy atom. The Bertz CT molecular complexity index is 1470. The number of nitrogens with one attached hydrogen (secondary N) is 3. The Hall–Kier alpha value is -4.53. The number of anilines is 1. The lowest BCUT2D eigenvalue weighted by Gasteiger charge is -2.09. The summed E-state index contributed by atoms with van der Waals surface area (Å²) in [5, 5.41) is 5.63. The van der Waals surface area contributed by atoms with Gasteiger partial charge in [0.2, 0.25) is 0 Å². The molecule has 0 saturated carbocycles. The third-order valence-electron chi connectivity index (χ3n) is 5.04. The van der Waals surface area contributed by atoms with Gasteiger partial charge in [-0.2, -0.15) is 0 Å². The van der Waals surface area contributed by atoms with Crippen molar-refractivity contribution in [2.45, 2.75) is 0 Å². The molecular formula is C23H19N5O4. The first-order valence-corrected chi connectivity index (χ1v) is 9.70. The first kappa shape index (κ1) is 20.7. The van der Waals surface area contributed by atoms with Crippen LogP contribution in [0.1, 0.15) is 20.8 Å². The van der Waals surface area contributed by atoms with Gasteiger partial charge in [0.15, 0.2) is 0 Å². The fourth-order valence-electron chi connectivity index (χ4n) is 3.26. The van der Waals surface area contributed by atoms with E-state index in [2.05, 4.69) is 20.6 Å². The van der Waals surface area contributed by atoms with Gasteiger partial charge in [0, 0.05) is 19.7 Å². The van der Waals surface area contributed by atoms with E-state index >= 15 is 0 Å². The van der Waals surface area contributed by atoms with Crippen LogP contribution in [0.3, 0.4) is 0 Å². The number of carbonyl (C=O) groups is 2. The topological polar surface area (TPSA) is 126 Å². The highest BCUT2D eigenvalue weighted by Crippen LogP contribution is 2.23. The van der Waals surface area contributed by atoms with Crippen molar-refractivity contribution in [3.63, 3.8) is 0 Å². The molecule has 0 aliphatic rings. The van der Waals surface area contributed by atoms with E-state index in [4.69, 9.17) is 0 Å². The van der Waals surface area contributed by atoms with Crippen molar-refractivity contribution in [3.05, 3.63) is 92.9 Å². The molecule has 0 unspecified atom stereocenters. The van der Waals surface area contributed by atoms with Gasteiger partial charge in [-0.1, -0.05) is 18.2 Å². The molecule has 0 aliphatic heterocycles. The standard InChI is InChI=1S/C23H19N5O4/c1-24-21(30)18-9-7-16(12-25-18)26-20(29)15-5-3-4-13(10-15)14-6-8-17-19(11-14)27-23(32)28(2)22(17)31/h3-12H,1-2H3,(H,24,30)(H,26,29)(H,27,32). The number of pyridine rings is 1. The van der Waals surface area contributed by atoms with Gasteiger partial charge in [0.05, 0.1) is 22.8 Å². The molecule has 4 rings (SSSR count). The van der Waals surface area contributed by atoms with Gasteiger partial charge in [0.25, 0.3) is 17.4 Å². The number of hydrogen-bond donors (Lipinski definition) is 3. The average molecular weight is 429 g/mol. The number of benzene rings is 2. The summed E-state index contributed by atoms with van der Waals surface area (Å²) in [7, 11) is 2.93. The molecule has 0 fully saturated rings. The predicted octanol–water partition coefficient (Wildman–Crippen LogP) is 1.90. The third-order valence-corrected chi connectivity index (χ3v) is 5.04. The van der Waals surface area contributed by atoms with Crippen molar-refractivity contribution in [2.75, 3.05) is 12.4 Å². The van der Waals surface area contributed by atoms with Crippen LogP contribution >= 0.6 is 0 Å². The van der Waals surface area contributed by atoms with Crippen LogP contribution in [-0.2, 0) is 7.05 Å². The molecule has 2 heterocycles. The molecule has 2 amide bonds. The second-order valence-electron chi connectivity index (χ2n) is 7.10. The van der Waals surface area contributed by atoms with Crippen molar-refractivity contribution in [1.82, 2.24) is 19.9 Å². The predicted molar refractivity (Wildman–Crippen MR) is 121 cm³/mol. The minimum Gasteiger partial charge on any atom is -0.354 e. The van der Waals surface area contributed by atoms with Crippen molar-refractivity contribution in [2.24, 2.45) is 7.05 Å². The largest absolute Gasteiger partial charge is 0.354 e. The zero-order chi connectivity index (χ0) is 22.8. The number of aromatic nitrogens is 3. The minimum absolute atomic E-state index is 0.247. The lowest BCUT2D eigenvalue weighted by atomic mass is 10.0. The smallest absolute Gasteiger partial charge is 0.328 e. The second kappa shape index (κ2) is 8.31. The number of H-pyrrole nitrogens is 1. The molecule has 4 aromatic rings. The zero-order valence-electron chi connectivity index (χ0n) is 17.3. The lowest BCUT2D eigenvalue weighted by Crippen LogP contribution is -2.32. The summed E-state index contributed by atoms with van der Waals surface area (Å²) >= 11 is 0. The highest BCUT2D eigenvalue weighted by atomic mass is 16.2. The number of aromatic amines is 1. The molecule has 9 nitrogen and oxygen atoms in total. The molecule has 2 aromatic heterocycles. The molecule has 0 bridgehead atoms. The summed E-state index contributed by atoms with van der Waals surface area (Å²) in [5.74, 6) is -0.658. The number of carbonyl (C=O) groups excluding carboxylic acids is 2. The zero-order valence-corrected chi connectivity index (χ0v) is 17.3. The van der Waals surface area contributed by atoms with E-state index in [-0.39, 0.29) is 23.1 Å². The number of amides is 2. The Balaban J connectivity index is 1.61. The lowest BCUT2D eigenvalue weighted by molar-refractivity contribution is 0.0957. The molecule has 3 N–H and O–H groups in total. The highest BCUT2D eigenvalue weighted by Gasteiger charge is 2.11. The molecule has 160 valence electrons. The van der Waals surface area contributed by atoms with E-state index in [0.29, 0.717) is 22.2 Å². The fraction of sp³-hybridized carbons (Fsp3) is 0.0870. The van der Waals surface area contributed by atoms with E-state index in [1.165, 1.54) is 26.4 Å². The first-order chi connectivity index (χ1) is 15.4. The summed E-state index contributed by atoms with van der Waals surface area (Å²) < 4.78 is 1.02. The monoisotopic (exact) mass is 429 g/mol. The minimum atomic E-state index is -0.496. The van der Waals surface area contributed by atoms with Crippen LogP contribution < -0.4 is 21.9 Å². The summed E-state index contributed by atoms with van der Waals surface area (Å²) in [5.41, 5.74) is 2.15. The molecule has 0 aliphatic carbocycles. The van der Waals surface area contributed by atoms with E-state index in [1.807, 2.05) is 6.07 Å². The molecule has 0 saturated heterocycles. The van der Waals surface area contributed by atoms with E-state index in [1.54, 1.807) is 42.5 Å². The molecule has 0 radical (unpaired) electrons. The van der Waals surface area contributed by atoms with Gasteiger partial charge in [-0.05, 0) is 47.5 Å². The van der Waals surface area contributed by atoms with Crippen molar-refractivity contribution >= 4 is 28.4 Å². The van der Waals surface area contributed by atoms with Crippen LogP contribution in [0.2, 0.25) is 0 Å². The second-order valence-corrected chi connectivity index (χ2v) is 7.10. The van der Waals surface area contributed by atoms with Crippen molar-refractivity contribution in [1.29, 1.82) is 0 Å². The quantitative estimate of drug-likeness (QED) is 0.457. The van der Waals surface area contributed by atoms with E-state index < -0.39 is 5.69 Å². The highest BCUT2D eigenvalue weighted by molar-refractivity contribution is 6.05. The van der Waals surface area contributed by atoms with Gasteiger partial charge in [0.1, 0.15) is 5.69 Å². The summed E-state index contributed by atoms with van der Waals surface area (Å²) in [6.07, 6.45) is 1.41. The maximum atomic E-state index is 12.7. The first-order valence-electron chi connectivity index (χ1n) is 9.70. The maximum absolute atomic E-state index is 12.7.